The molecule has 3 nitrogen and oxygen atoms in total. The molecule has 2 atom stereocenters. The first kappa shape index (κ1) is 8.88. The molecule has 0 saturated carbocycles. The predicted octanol–water partition coefficient (Wildman–Crippen LogP) is -0.363. The molecule has 56 valence electrons. The van der Waals surface area contributed by atoms with Gasteiger partial charge in [-0.15, -0.1) is 0 Å². The summed E-state index contributed by atoms with van der Waals surface area (Å²) in [5, 5.41) is 8.72. The average Bonchev–Trinajstić information content (AvgIpc) is 1.63. The normalized spacial score (nSPS) is 18.0. The van der Waals surface area contributed by atoms with Gasteiger partial charge in [-0.2, -0.15) is 0 Å². The summed E-state index contributed by atoms with van der Waals surface area (Å²) in [5.74, 6) is 0.498. The van der Waals surface area contributed by atoms with Crippen LogP contribution in [0.5, 0.6) is 0 Å². The Morgan fingerprint density at radius 1 is 1.33 bits per heavy atom. The minimum atomic E-state index is -0.868. The molecule has 0 fully saturated rings. The van der Waals surface area contributed by atoms with Crippen LogP contribution in [-0.4, -0.2) is 17.4 Å². The minimum absolute atomic E-state index is 0.273. The molecule has 0 aliphatic heterocycles. The van der Waals surface area contributed by atoms with Crippen LogP contribution in [0.25, 0.3) is 0 Å². The third-order valence-corrected chi connectivity index (χ3v) is 1.18. The Kier molecular flexibility index (Phi) is 3.77. The van der Waals surface area contributed by atoms with Crippen LogP contribution in [0, 0.1) is 5.92 Å². The zero-order chi connectivity index (χ0) is 7.44. The maximum atomic E-state index is 8.72. The van der Waals surface area contributed by atoms with Gasteiger partial charge in [-0.25, -0.2) is 0 Å². The molecule has 0 aliphatic rings. The average molecular weight is 132 g/mol. The molecule has 9 heavy (non-hydrogen) atoms. The molecule has 0 aromatic carbocycles. The van der Waals surface area contributed by atoms with Crippen molar-refractivity contribution >= 4 is 0 Å². The van der Waals surface area contributed by atoms with Crippen LogP contribution in [0.1, 0.15) is 20.3 Å². The monoisotopic (exact) mass is 132 g/mol. The summed E-state index contributed by atoms with van der Waals surface area (Å²) in [6.07, 6.45) is -0.0927. The quantitative estimate of drug-likeness (QED) is 0.459. The number of aliphatic hydroxyl groups excluding tert-OH is 1. The lowest BCUT2D eigenvalue weighted by molar-refractivity contribution is 0.141. The summed E-state index contributed by atoms with van der Waals surface area (Å²) in [6.45, 7) is 4.09. The molecule has 5 N–H and O–H groups in total. The molecule has 2 unspecified atom stereocenters. The molecule has 0 aromatic heterocycles. The van der Waals surface area contributed by atoms with Gasteiger partial charge in [0.05, 0.1) is 0 Å². The summed E-state index contributed by atoms with van der Waals surface area (Å²) in [6, 6.07) is -0.273. The fourth-order valence-electron chi connectivity index (χ4n) is 0.684. The van der Waals surface area contributed by atoms with E-state index < -0.39 is 6.23 Å². The Labute approximate surface area is 56.0 Å². The van der Waals surface area contributed by atoms with Crippen LogP contribution in [0.4, 0.5) is 0 Å². The van der Waals surface area contributed by atoms with E-state index in [-0.39, 0.29) is 6.04 Å². The Morgan fingerprint density at radius 3 is 1.89 bits per heavy atom. The number of aliphatic hydroxyl groups is 1. The first-order chi connectivity index (χ1) is 4.04. The van der Waals surface area contributed by atoms with Gasteiger partial charge in [-0.05, 0) is 12.3 Å². The molecular formula is C6H16N2O. The van der Waals surface area contributed by atoms with E-state index in [2.05, 4.69) is 0 Å². The van der Waals surface area contributed by atoms with Gasteiger partial charge in [0, 0.05) is 6.04 Å². The smallest absolute Gasteiger partial charge is 0.117 e. The number of rotatable bonds is 3. The summed E-state index contributed by atoms with van der Waals surface area (Å²) in [5.41, 5.74) is 10.6. The molecule has 0 saturated heterocycles. The molecule has 0 heterocycles. The van der Waals surface area contributed by atoms with Gasteiger partial charge >= 0.3 is 0 Å². The standard InChI is InChI=1S/C6H16N2O/c1-4(2)3-5(7)6(8)9/h4-6,9H,3,7-8H2,1-2H3. The minimum Gasteiger partial charge on any atom is -0.377 e. The van der Waals surface area contributed by atoms with Crippen molar-refractivity contribution in [3.63, 3.8) is 0 Å². The predicted molar refractivity (Wildman–Crippen MR) is 37.6 cm³/mol. The number of hydrogen-bond acceptors (Lipinski definition) is 3. The summed E-state index contributed by atoms with van der Waals surface area (Å²) in [7, 11) is 0. The zero-order valence-electron chi connectivity index (χ0n) is 6.04. The molecule has 0 aliphatic carbocycles. The third-order valence-electron chi connectivity index (χ3n) is 1.18. The molecule has 0 spiro atoms. The van der Waals surface area contributed by atoms with Crippen molar-refractivity contribution in [2.24, 2.45) is 17.4 Å². The largest absolute Gasteiger partial charge is 0.377 e. The molecule has 0 radical (unpaired) electrons. The summed E-state index contributed by atoms with van der Waals surface area (Å²) >= 11 is 0. The van der Waals surface area contributed by atoms with Crippen LogP contribution in [0.15, 0.2) is 0 Å². The van der Waals surface area contributed by atoms with Crippen LogP contribution in [0.3, 0.4) is 0 Å². The second kappa shape index (κ2) is 3.82. The Hall–Kier alpha value is -0.120. The van der Waals surface area contributed by atoms with Crippen molar-refractivity contribution in [2.45, 2.75) is 32.5 Å². The second-order valence-corrected chi connectivity index (χ2v) is 2.78. The van der Waals surface area contributed by atoms with E-state index in [1.54, 1.807) is 0 Å². The molecule has 0 bridgehead atoms. The summed E-state index contributed by atoms with van der Waals surface area (Å²) < 4.78 is 0. The Balaban J connectivity index is 3.38. The fraction of sp³-hybridized carbons (Fsp3) is 1.00. The molecule has 3 heteroatoms. The van der Waals surface area contributed by atoms with Crippen molar-refractivity contribution in [1.82, 2.24) is 0 Å². The van der Waals surface area contributed by atoms with Crippen molar-refractivity contribution in [2.75, 3.05) is 0 Å². The van der Waals surface area contributed by atoms with Crippen molar-refractivity contribution in [3.8, 4) is 0 Å². The highest BCUT2D eigenvalue weighted by Gasteiger charge is 2.10. The van der Waals surface area contributed by atoms with Gasteiger partial charge in [0.25, 0.3) is 0 Å². The van der Waals surface area contributed by atoms with E-state index >= 15 is 0 Å². The van der Waals surface area contributed by atoms with Gasteiger partial charge in [-0.3, -0.25) is 0 Å². The van der Waals surface area contributed by atoms with E-state index in [0.717, 1.165) is 6.42 Å². The first-order valence-corrected chi connectivity index (χ1v) is 3.23. The lowest BCUT2D eigenvalue weighted by Gasteiger charge is -2.15. The van der Waals surface area contributed by atoms with Gasteiger partial charge in [-0.1, -0.05) is 13.8 Å². The van der Waals surface area contributed by atoms with Crippen LogP contribution in [-0.2, 0) is 0 Å². The van der Waals surface area contributed by atoms with Crippen LogP contribution < -0.4 is 11.5 Å². The number of nitrogens with two attached hydrogens (primary N) is 2. The van der Waals surface area contributed by atoms with Gasteiger partial charge in [0.1, 0.15) is 6.23 Å². The van der Waals surface area contributed by atoms with E-state index in [0.29, 0.717) is 5.92 Å². The molecule has 0 amide bonds. The fourth-order valence-corrected chi connectivity index (χ4v) is 0.684. The van der Waals surface area contributed by atoms with Gasteiger partial charge in [0.15, 0.2) is 0 Å². The van der Waals surface area contributed by atoms with Crippen molar-refractivity contribution in [3.05, 3.63) is 0 Å². The Morgan fingerprint density at radius 2 is 1.78 bits per heavy atom. The highest BCUT2D eigenvalue weighted by molar-refractivity contribution is 4.67. The van der Waals surface area contributed by atoms with E-state index in [1.165, 1.54) is 0 Å². The van der Waals surface area contributed by atoms with Crippen molar-refractivity contribution < 1.29 is 5.11 Å². The number of hydrogen-bond donors (Lipinski definition) is 3. The van der Waals surface area contributed by atoms with Gasteiger partial charge in [0.2, 0.25) is 0 Å². The van der Waals surface area contributed by atoms with Crippen LogP contribution >= 0.6 is 0 Å². The van der Waals surface area contributed by atoms with Crippen LogP contribution in [0.2, 0.25) is 0 Å². The van der Waals surface area contributed by atoms with Gasteiger partial charge < -0.3 is 16.6 Å². The maximum absolute atomic E-state index is 8.72. The second-order valence-electron chi connectivity index (χ2n) is 2.78. The first-order valence-electron chi connectivity index (χ1n) is 3.23. The lowest BCUT2D eigenvalue weighted by Crippen LogP contribution is -2.41. The highest BCUT2D eigenvalue weighted by atomic mass is 16.3. The maximum Gasteiger partial charge on any atom is 0.117 e. The SMILES string of the molecule is CC(C)CC(N)C(N)O. The van der Waals surface area contributed by atoms with E-state index in [9.17, 15) is 0 Å². The topological polar surface area (TPSA) is 72.3 Å². The van der Waals surface area contributed by atoms with E-state index in [4.69, 9.17) is 16.6 Å². The van der Waals surface area contributed by atoms with Crippen molar-refractivity contribution in [1.29, 1.82) is 0 Å². The van der Waals surface area contributed by atoms with E-state index in [1.807, 2.05) is 13.8 Å². The molecule has 0 aromatic rings. The third kappa shape index (κ3) is 4.39. The molecule has 0 rings (SSSR count). The highest BCUT2D eigenvalue weighted by Crippen LogP contribution is 2.02. The lowest BCUT2D eigenvalue weighted by atomic mass is 10.0. The summed E-state index contributed by atoms with van der Waals surface area (Å²) in [4.78, 5) is 0. The Bertz CT molecular complexity index is 73.5. The molecular weight excluding hydrogens is 116 g/mol. The zero-order valence-corrected chi connectivity index (χ0v) is 6.04.